The number of nitrogens with zero attached hydrogens (tertiary/aromatic N) is 2. The summed E-state index contributed by atoms with van der Waals surface area (Å²) >= 11 is 5.94. The molecule has 1 atom stereocenters. The minimum Gasteiger partial charge on any atom is -0.506 e. The number of methoxy groups -OCH3 is 1. The number of halogens is 1. The van der Waals surface area contributed by atoms with Gasteiger partial charge in [0.2, 0.25) is 11.8 Å². The SMILES string of the molecule is COCCN1CCCC2(CCCN2C(=O)Cc2ccc(O)c(Cl)c2)C1=O. The summed E-state index contributed by atoms with van der Waals surface area (Å²) in [6.07, 6.45) is 3.35. The van der Waals surface area contributed by atoms with Gasteiger partial charge in [-0.15, -0.1) is 0 Å². The third kappa shape index (κ3) is 3.53. The lowest BCUT2D eigenvalue weighted by molar-refractivity contribution is -0.155. The summed E-state index contributed by atoms with van der Waals surface area (Å²) in [6, 6.07) is 4.78. The molecule has 26 heavy (non-hydrogen) atoms. The Kier molecular flexibility index (Phi) is 5.73. The van der Waals surface area contributed by atoms with E-state index in [1.54, 1.807) is 24.1 Å². The van der Waals surface area contributed by atoms with E-state index in [4.69, 9.17) is 16.3 Å². The molecule has 142 valence electrons. The maximum Gasteiger partial charge on any atom is 0.248 e. The summed E-state index contributed by atoms with van der Waals surface area (Å²) in [6.45, 7) is 2.39. The summed E-state index contributed by atoms with van der Waals surface area (Å²) in [5, 5.41) is 9.76. The monoisotopic (exact) mass is 380 g/mol. The number of hydrogen-bond acceptors (Lipinski definition) is 4. The highest BCUT2D eigenvalue weighted by atomic mass is 35.5. The Morgan fingerprint density at radius 1 is 1.31 bits per heavy atom. The number of amides is 2. The van der Waals surface area contributed by atoms with Gasteiger partial charge in [-0.1, -0.05) is 17.7 Å². The minimum absolute atomic E-state index is 0.00301. The average Bonchev–Trinajstić information content (AvgIpc) is 3.04. The molecule has 1 aromatic carbocycles. The zero-order chi connectivity index (χ0) is 18.7. The zero-order valence-electron chi connectivity index (χ0n) is 15.0. The number of piperidine rings is 1. The molecule has 7 heteroatoms. The number of carbonyl (C=O) groups is 2. The van der Waals surface area contributed by atoms with Gasteiger partial charge in [0.1, 0.15) is 11.3 Å². The Balaban J connectivity index is 1.76. The van der Waals surface area contributed by atoms with Crippen LogP contribution in [0.2, 0.25) is 5.02 Å². The number of hydrogen-bond donors (Lipinski definition) is 1. The maximum atomic E-state index is 13.1. The molecular formula is C19H25ClN2O4. The predicted octanol–water partition coefficient (Wildman–Crippen LogP) is 2.22. The second-order valence-corrected chi connectivity index (χ2v) is 7.44. The predicted molar refractivity (Wildman–Crippen MR) is 98.2 cm³/mol. The first kappa shape index (κ1) is 19.0. The maximum absolute atomic E-state index is 13.1. The molecule has 3 rings (SSSR count). The Labute approximate surface area is 158 Å². The first-order valence-corrected chi connectivity index (χ1v) is 9.42. The second kappa shape index (κ2) is 7.84. The number of rotatable bonds is 5. The van der Waals surface area contributed by atoms with E-state index in [-0.39, 0.29) is 29.0 Å². The van der Waals surface area contributed by atoms with E-state index >= 15 is 0 Å². The van der Waals surface area contributed by atoms with E-state index in [9.17, 15) is 14.7 Å². The fourth-order valence-electron chi connectivity index (χ4n) is 4.13. The van der Waals surface area contributed by atoms with Crippen molar-refractivity contribution in [1.29, 1.82) is 0 Å². The standard InChI is InChI=1S/C19H25ClN2O4/c1-26-11-10-21-8-2-6-19(18(21)25)7-3-9-22(19)17(24)13-14-4-5-16(23)15(20)12-14/h4-5,12,23H,2-3,6-11,13H2,1H3. The lowest BCUT2D eigenvalue weighted by Crippen LogP contribution is -2.61. The smallest absolute Gasteiger partial charge is 0.248 e. The Morgan fingerprint density at radius 2 is 2.04 bits per heavy atom. The number of carbonyl (C=O) groups excluding carboxylic acids is 2. The molecule has 2 amide bonds. The summed E-state index contributed by atoms with van der Waals surface area (Å²) in [7, 11) is 1.62. The van der Waals surface area contributed by atoms with E-state index in [1.807, 2.05) is 4.90 Å². The van der Waals surface area contributed by atoms with E-state index in [2.05, 4.69) is 0 Å². The number of phenols is 1. The summed E-state index contributed by atoms with van der Waals surface area (Å²) in [5.74, 6) is -0.0154. The highest BCUT2D eigenvalue weighted by Crippen LogP contribution is 2.38. The molecule has 1 unspecified atom stereocenters. The normalized spacial score (nSPS) is 23.1. The van der Waals surface area contributed by atoms with Crippen LogP contribution in [0.1, 0.15) is 31.2 Å². The van der Waals surface area contributed by atoms with Gasteiger partial charge >= 0.3 is 0 Å². The highest BCUT2D eigenvalue weighted by molar-refractivity contribution is 6.32. The number of ether oxygens (including phenoxy) is 1. The second-order valence-electron chi connectivity index (χ2n) is 7.03. The van der Waals surface area contributed by atoms with Gasteiger partial charge in [-0.3, -0.25) is 9.59 Å². The van der Waals surface area contributed by atoms with Crippen molar-refractivity contribution >= 4 is 23.4 Å². The van der Waals surface area contributed by atoms with Crippen molar-refractivity contribution in [2.45, 2.75) is 37.6 Å². The lowest BCUT2D eigenvalue weighted by Gasteiger charge is -2.44. The highest BCUT2D eigenvalue weighted by Gasteiger charge is 2.52. The quantitative estimate of drug-likeness (QED) is 0.850. The Bertz CT molecular complexity index is 696. The van der Waals surface area contributed by atoms with Crippen LogP contribution in [-0.2, 0) is 20.7 Å². The van der Waals surface area contributed by atoms with E-state index in [0.717, 1.165) is 37.8 Å². The van der Waals surface area contributed by atoms with Crippen molar-refractivity contribution < 1.29 is 19.4 Å². The first-order valence-electron chi connectivity index (χ1n) is 9.04. The van der Waals surface area contributed by atoms with Crippen LogP contribution in [0.15, 0.2) is 18.2 Å². The van der Waals surface area contributed by atoms with Crippen LogP contribution in [0.3, 0.4) is 0 Å². The molecule has 2 saturated heterocycles. The molecule has 0 radical (unpaired) electrons. The van der Waals surface area contributed by atoms with Crippen molar-refractivity contribution in [3.8, 4) is 5.75 Å². The molecule has 0 bridgehead atoms. The van der Waals surface area contributed by atoms with Crippen LogP contribution in [-0.4, -0.2) is 65.6 Å². The molecule has 1 N–H and O–H groups in total. The zero-order valence-corrected chi connectivity index (χ0v) is 15.8. The third-order valence-corrected chi connectivity index (χ3v) is 5.73. The molecule has 2 aliphatic heterocycles. The van der Waals surface area contributed by atoms with Crippen LogP contribution in [0, 0.1) is 0 Å². The van der Waals surface area contributed by atoms with Crippen molar-refractivity contribution in [2.24, 2.45) is 0 Å². The van der Waals surface area contributed by atoms with Gasteiger partial charge in [0.25, 0.3) is 0 Å². The molecule has 1 spiro atoms. The van der Waals surface area contributed by atoms with Gasteiger partial charge in [0, 0.05) is 26.7 Å². The summed E-state index contributed by atoms with van der Waals surface area (Å²) < 4.78 is 5.11. The molecule has 0 saturated carbocycles. The molecule has 0 aromatic heterocycles. The van der Waals surface area contributed by atoms with Crippen molar-refractivity contribution in [2.75, 3.05) is 33.4 Å². The van der Waals surface area contributed by atoms with Gasteiger partial charge in [-0.2, -0.15) is 0 Å². The molecule has 2 aliphatic rings. The number of aromatic hydroxyl groups is 1. The first-order chi connectivity index (χ1) is 12.5. The Hall–Kier alpha value is -1.79. The third-order valence-electron chi connectivity index (χ3n) is 5.43. The molecule has 6 nitrogen and oxygen atoms in total. The van der Waals surface area contributed by atoms with Gasteiger partial charge in [0.15, 0.2) is 0 Å². The fraction of sp³-hybridized carbons (Fsp3) is 0.579. The number of benzene rings is 1. The van der Waals surface area contributed by atoms with Crippen molar-refractivity contribution in [1.82, 2.24) is 9.80 Å². The topological polar surface area (TPSA) is 70.1 Å². The average molecular weight is 381 g/mol. The number of likely N-dealkylation sites (tertiary alicyclic amines) is 2. The lowest BCUT2D eigenvalue weighted by atomic mass is 9.85. The van der Waals surface area contributed by atoms with E-state index in [1.165, 1.54) is 6.07 Å². The minimum atomic E-state index is -0.705. The van der Waals surface area contributed by atoms with Crippen LogP contribution in [0.25, 0.3) is 0 Å². The van der Waals surface area contributed by atoms with Crippen LogP contribution in [0.5, 0.6) is 5.75 Å². The van der Waals surface area contributed by atoms with Gasteiger partial charge in [-0.25, -0.2) is 0 Å². The van der Waals surface area contributed by atoms with Gasteiger partial charge < -0.3 is 19.6 Å². The molecule has 2 heterocycles. The van der Waals surface area contributed by atoms with E-state index in [0.29, 0.717) is 19.7 Å². The largest absolute Gasteiger partial charge is 0.506 e. The molecular weight excluding hydrogens is 356 g/mol. The van der Waals surface area contributed by atoms with Crippen LogP contribution < -0.4 is 0 Å². The van der Waals surface area contributed by atoms with Crippen molar-refractivity contribution in [3.05, 3.63) is 28.8 Å². The van der Waals surface area contributed by atoms with Crippen molar-refractivity contribution in [3.63, 3.8) is 0 Å². The molecule has 1 aromatic rings. The van der Waals surface area contributed by atoms with Crippen LogP contribution in [0.4, 0.5) is 0 Å². The fourth-order valence-corrected chi connectivity index (χ4v) is 4.34. The summed E-state index contributed by atoms with van der Waals surface area (Å²) in [5.41, 5.74) is 0.0309. The van der Waals surface area contributed by atoms with Gasteiger partial charge in [0.05, 0.1) is 18.1 Å². The van der Waals surface area contributed by atoms with E-state index < -0.39 is 5.54 Å². The van der Waals surface area contributed by atoms with Crippen LogP contribution >= 0.6 is 11.6 Å². The molecule has 0 aliphatic carbocycles. The summed E-state index contributed by atoms with van der Waals surface area (Å²) in [4.78, 5) is 29.7. The Morgan fingerprint density at radius 3 is 2.73 bits per heavy atom. The van der Waals surface area contributed by atoms with Gasteiger partial charge in [-0.05, 0) is 43.4 Å². The molecule has 2 fully saturated rings. The number of phenolic OH excluding ortho intramolecular Hbond substituents is 1.